The lowest BCUT2D eigenvalue weighted by Crippen LogP contribution is -2.44. The van der Waals surface area contributed by atoms with E-state index in [1.807, 2.05) is 12.1 Å². The molecule has 6 heteroatoms. The van der Waals surface area contributed by atoms with Crippen molar-refractivity contribution < 1.29 is 14.3 Å². The molecule has 2 aromatic rings. The van der Waals surface area contributed by atoms with Gasteiger partial charge in [-0.2, -0.15) is 0 Å². The van der Waals surface area contributed by atoms with Gasteiger partial charge in [-0.15, -0.1) is 0 Å². The smallest absolute Gasteiger partial charge is 0.251 e. The van der Waals surface area contributed by atoms with Crippen molar-refractivity contribution in [3.05, 3.63) is 59.8 Å². The highest BCUT2D eigenvalue weighted by atomic mass is 16.5. The van der Waals surface area contributed by atoms with Gasteiger partial charge in [0.2, 0.25) is 11.8 Å². The van der Waals surface area contributed by atoms with Gasteiger partial charge >= 0.3 is 0 Å². The molecule has 0 aliphatic rings. The number of ether oxygens (including phenoxy) is 1. The lowest BCUT2D eigenvalue weighted by Gasteiger charge is -2.14. The van der Waals surface area contributed by atoms with Crippen LogP contribution in [0.25, 0.3) is 0 Å². The predicted molar refractivity (Wildman–Crippen MR) is 86.0 cm³/mol. The molecule has 23 heavy (non-hydrogen) atoms. The average Bonchev–Trinajstić information content (AvgIpc) is 2.60. The molecule has 0 saturated heterocycles. The largest absolute Gasteiger partial charge is 0.481 e. The van der Waals surface area contributed by atoms with Gasteiger partial charge in [0.25, 0.3) is 5.91 Å². The van der Waals surface area contributed by atoms with Crippen molar-refractivity contribution in [1.29, 1.82) is 0 Å². The molecule has 0 radical (unpaired) electrons. The Morgan fingerprint density at radius 3 is 2.52 bits per heavy atom. The van der Waals surface area contributed by atoms with E-state index in [2.05, 4.69) is 15.6 Å². The Bertz CT molecular complexity index is 657. The molecule has 0 spiro atoms. The number of hydrogen-bond acceptors (Lipinski definition) is 4. The highest BCUT2D eigenvalue weighted by molar-refractivity contribution is 5.97. The van der Waals surface area contributed by atoms with Crippen molar-refractivity contribution >= 4 is 11.8 Å². The van der Waals surface area contributed by atoms with Crippen molar-refractivity contribution in [3.8, 4) is 5.88 Å². The maximum Gasteiger partial charge on any atom is 0.251 e. The predicted octanol–water partition coefficient (Wildman–Crippen LogP) is 1.52. The lowest BCUT2D eigenvalue weighted by atomic mass is 10.2. The third-order valence-electron chi connectivity index (χ3n) is 3.25. The van der Waals surface area contributed by atoms with Gasteiger partial charge in [0.05, 0.1) is 7.11 Å². The molecule has 6 nitrogen and oxygen atoms in total. The monoisotopic (exact) mass is 313 g/mol. The third-order valence-corrected chi connectivity index (χ3v) is 3.25. The van der Waals surface area contributed by atoms with Crippen molar-refractivity contribution in [1.82, 2.24) is 15.6 Å². The number of rotatable bonds is 6. The minimum atomic E-state index is -0.631. The summed E-state index contributed by atoms with van der Waals surface area (Å²) >= 11 is 0. The number of carbonyl (C=O) groups excluding carboxylic acids is 2. The van der Waals surface area contributed by atoms with Crippen molar-refractivity contribution in [2.75, 3.05) is 7.11 Å². The second kappa shape index (κ2) is 7.93. The lowest BCUT2D eigenvalue weighted by molar-refractivity contribution is -0.122. The maximum absolute atomic E-state index is 12.0. The van der Waals surface area contributed by atoms with E-state index in [-0.39, 0.29) is 11.8 Å². The molecular weight excluding hydrogens is 294 g/mol. The van der Waals surface area contributed by atoms with Crippen LogP contribution in [0.5, 0.6) is 5.88 Å². The molecular formula is C17H19N3O3. The number of amides is 2. The Morgan fingerprint density at radius 1 is 1.17 bits per heavy atom. The number of benzene rings is 1. The molecule has 0 fully saturated rings. The first-order valence-electron chi connectivity index (χ1n) is 7.22. The van der Waals surface area contributed by atoms with Gasteiger partial charge in [-0.3, -0.25) is 9.59 Å². The van der Waals surface area contributed by atoms with Gasteiger partial charge in [0, 0.05) is 24.4 Å². The molecule has 1 aromatic heterocycles. The molecule has 1 aromatic carbocycles. The zero-order valence-electron chi connectivity index (χ0n) is 13.1. The summed E-state index contributed by atoms with van der Waals surface area (Å²) in [6.45, 7) is 1.98. The van der Waals surface area contributed by atoms with Crippen LogP contribution in [-0.2, 0) is 11.3 Å². The highest BCUT2D eigenvalue weighted by Gasteiger charge is 2.16. The Morgan fingerprint density at radius 2 is 1.91 bits per heavy atom. The van der Waals surface area contributed by atoms with E-state index in [9.17, 15) is 9.59 Å². The molecule has 1 atom stereocenters. The number of hydrogen-bond donors (Lipinski definition) is 2. The van der Waals surface area contributed by atoms with Crippen LogP contribution in [0.4, 0.5) is 0 Å². The van der Waals surface area contributed by atoms with Crippen molar-refractivity contribution in [2.45, 2.75) is 19.5 Å². The second-order valence-corrected chi connectivity index (χ2v) is 4.99. The molecule has 2 amide bonds. The van der Waals surface area contributed by atoms with Crippen molar-refractivity contribution in [2.24, 2.45) is 0 Å². The number of pyridine rings is 1. The zero-order chi connectivity index (χ0) is 16.7. The molecule has 2 N–H and O–H groups in total. The Hall–Kier alpha value is -2.89. The van der Waals surface area contributed by atoms with Gasteiger partial charge in [-0.1, -0.05) is 24.3 Å². The third kappa shape index (κ3) is 4.81. The average molecular weight is 313 g/mol. The Kier molecular flexibility index (Phi) is 5.68. The molecule has 2 rings (SSSR count). The first-order chi connectivity index (χ1) is 11.1. The summed E-state index contributed by atoms with van der Waals surface area (Å²) in [5.74, 6) is -0.0203. The van der Waals surface area contributed by atoms with Crippen molar-refractivity contribution in [3.63, 3.8) is 0 Å². The number of nitrogens with zero attached hydrogens (tertiary/aromatic N) is 1. The number of carbonyl (C=O) groups is 2. The number of nitrogens with one attached hydrogen (secondary N) is 2. The summed E-state index contributed by atoms with van der Waals surface area (Å²) in [5.41, 5.74) is 1.37. The fourth-order valence-electron chi connectivity index (χ4n) is 1.91. The van der Waals surface area contributed by atoms with Crippen LogP contribution in [0.2, 0.25) is 0 Å². The van der Waals surface area contributed by atoms with Gasteiger partial charge in [-0.05, 0) is 24.6 Å². The van der Waals surface area contributed by atoms with E-state index < -0.39 is 6.04 Å². The maximum atomic E-state index is 12.0. The second-order valence-electron chi connectivity index (χ2n) is 4.99. The summed E-state index contributed by atoms with van der Waals surface area (Å²) < 4.78 is 4.97. The van der Waals surface area contributed by atoms with E-state index in [1.165, 1.54) is 0 Å². The summed E-state index contributed by atoms with van der Waals surface area (Å²) in [4.78, 5) is 28.1. The van der Waals surface area contributed by atoms with Crippen LogP contribution in [0.1, 0.15) is 22.8 Å². The SMILES string of the molecule is COc1ccc(CNC(=O)[C@@H](C)NC(=O)c2ccccc2)cn1. The fraction of sp³-hybridized carbons (Fsp3) is 0.235. The molecule has 0 aliphatic heterocycles. The fourth-order valence-corrected chi connectivity index (χ4v) is 1.91. The number of methoxy groups -OCH3 is 1. The minimum absolute atomic E-state index is 0.259. The molecule has 0 bridgehead atoms. The van der Waals surface area contributed by atoms with Crippen LogP contribution < -0.4 is 15.4 Å². The van der Waals surface area contributed by atoms with Crippen LogP contribution in [-0.4, -0.2) is 29.9 Å². The quantitative estimate of drug-likeness (QED) is 0.847. The summed E-state index contributed by atoms with van der Waals surface area (Å²) in [6, 6.07) is 11.7. The van der Waals surface area contributed by atoms with Crippen LogP contribution in [0.15, 0.2) is 48.7 Å². The summed E-state index contributed by atoms with van der Waals surface area (Å²) in [6.07, 6.45) is 1.63. The Balaban J connectivity index is 1.83. The first kappa shape index (κ1) is 16.5. The topological polar surface area (TPSA) is 80.3 Å². The normalized spacial score (nSPS) is 11.4. The molecule has 0 saturated carbocycles. The summed E-state index contributed by atoms with van der Waals surface area (Å²) in [7, 11) is 1.54. The van der Waals surface area contributed by atoms with Crippen LogP contribution >= 0.6 is 0 Å². The zero-order valence-corrected chi connectivity index (χ0v) is 13.1. The van der Waals surface area contributed by atoms with E-state index in [0.29, 0.717) is 18.0 Å². The van der Waals surface area contributed by atoms with Crippen LogP contribution in [0, 0.1) is 0 Å². The molecule has 0 unspecified atom stereocenters. The molecule has 0 aliphatic carbocycles. The van der Waals surface area contributed by atoms with Crippen LogP contribution in [0.3, 0.4) is 0 Å². The van der Waals surface area contributed by atoms with E-state index in [4.69, 9.17) is 4.74 Å². The Labute approximate surface area is 134 Å². The molecule has 120 valence electrons. The van der Waals surface area contributed by atoms with E-state index in [1.54, 1.807) is 50.6 Å². The molecule has 1 heterocycles. The van der Waals surface area contributed by atoms with Gasteiger partial charge in [0.15, 0.2) is 0 Å². The first-order valence-corrected chi connectivity index (χ1v) is 7.22. The minimum Gasteiger partial charge on any atom is -0.481 e. The van der Waals surface area contributed by atoms with Gasteiger partial charge < -0.3 is 15.4 Å². The van der Waals surface area contributed by atoms with Gasteiger partial charge in [0.1, 0.15) is 6.04 Å². The van der Waals surface area contributed by atoms with E-state index in [0.717, 1.165) is 5.56 Å². The number of aromatic nitrogens is 1. The standard InChI is InChI=1S/C17H19N3O3/c1-12(20-17(22)14-6-4-3-5-7-14)16(21)19-11-13-8-9-15(23-2)18-10-13/h3-10,12H,11H2,1-2H3,(H,19,21)(H,20,22)/t12-/m1/s1. The highest BCUT2D eigenvalue weighted by Crippen LogP contribution is 2.06. The van der Waals surface area contributed by atoms with E-state index >= 15 is 0 Å². The summed E-state index contributed by atoms with van der Waals surface area (Å²) in [5, 5.41) is 5.42. The van der Waals surface area contributed by atoms with Gasteiger partial charge in [-0.25, -0.2) is 4.98 Å².